The number of nitrogens with two attached hydrogens (primary N) is 1. The summed E-state index contributed by atoms with van der Waals surface area (Å²) in [6.45, 7) is 3.67. The van der Waals surface area contributed by atoms with Gasteiger partial charge in [0.05, 0.1) is 5.56 Å². The first-order chi connectivity index (χ1) is 8.06. The number of carbonyl (C=O) groups is 1. The van der Waals surface area contributed by atoms with Gasteiger partial charge in [-0.25, -0.2) is 0 Å². The van der Waals surface area contributed by atoms with Gasteiger partial charge in [0.25, 0.3) is 5.91 Å². The Balaban J connectivity index is 2.20. The third-order valence-corrected chi connectivity index (χ3v) is 2.32. The monoisotopic (exact) mass is 231 g/mol. The van der Waals surface area contributed by atoms with Crippen LogP contribution in [-0.2, 0) is 0 Å². The molecular formula is C12H13N3O2. The molecule has 2 rings (SSSR count). The van der Waals surface area contributed by atoms with Crippen LogP contribution in [0.2, 0.25) is 0 Å². The molecule has 1 amide bonds. The van der Waals surface area contributed by atoms with E-state index >= 15 is 0 Å². The lowest BCUT2D eigenvalue weighted by Gasteiger charge is -2.05. The summed E-state index contributed by atoms with van der Waals surface area (Å²) >= 11 is 0. The van der Waals surface area contributed by atoms with Crippen LogP contribution < -0.4 is 11.1 Å². The van der Waals surface area contributed by atoms with E-state index in [1.807, 2.05) is 13.0 Å². The van der Waals surface area contributed by atoms with E-state index in [2.05, 4.69) is 10.5 Å². The molecule has 1 aromatic heterocycles. The summed E-state index contributed by atoms with van der Waals surface area (Å²) in [6.07, 6.45) is 0. The highest BCUT2D eigenvalue weighted by atomic mass is 16.5. The molecule has 17 heavy (non-hydrogen) atoms. The number of aryl methyl sites for hydroxylation is 2. The lowest BCUT2D eigenvalue weighted by atomic mass is 10.1. The molecule has 1 aromatic carbocycles. The van der Waals surface area contributed by atoms with Gasteiger partial charge in [0, 0.05) is 11.8 Å². The van der Waals surface area contributed by atoms with Crippen molar-refractivity contribution in [2.45, 2.75) is 13.8 Å². The molecule has 2 aromatic rings. The largest absolute Gasteiger partial charge is 0.398 e. The van der Waals surface area contributed by atoms with Crippen molar-refractivity contribution in [3.8, 4) is 0 Å². The molecule has 1 heterocycles. The first-order valence-corrected chi connectivity index (χ1v) is 5.17. The van der Waals surface area contributed by atoms with Crippen molar-refractivity contribution in [2.24, 2.45) is 0 Å². The van der Waals surface area contributed by atoms with Crippen molar-refractivity contribution in [1.82, 2.24) is 5.16 Å². The molecule has 0 unspecified atom stereocenters. The molecule has 88 valence electrons. The van der Waals surface area contributed by atoms with Gasteiger partial charge in [-0.1, -0.05) is 11.2 Å². The van der Waals surface area contributed by atoms with E-state index in [1.165, 1.54) is 0 Å². The Morgan fingerprint density at radius 1 is 1.35 bits per heavy atom. The van der Waals surface area contributed by atoms with Crippen LogP contribution in [0.5, 0.6) is 0 Å². The Hall–Kier alpha value is -2.30. The number of nitrogens with zero attached hydrogens (tertiary/aromatic N) is 1. The summed E-state index contributed by atoms with van der Waals surface area (Å²) in [7, 11) is 0. The molecule has 5 nitrogen and oxygen atoms in total. The standard InChI is InChI=1S/C12H13N3O2/c1-7-3-4-9(10(13)5-7)12(16)14-11-6-8(2)17-15-11/h3-6H,13H2,1-2H3,(H,14,15,16). The van der Waals surface area contributed by atoms with Crippen LogP contribution in [0.3, 0.4) is 0 Å². The second kappa shape index (κ2) is 4.29. The molecule has 5 heteroatoms. The zero-order valence-corrected chi connectivity index (χ0v) is 9.65. The minimum absolute atomic E-state index is 0.296. The van der Waals surface area contributed by atoms with E-state index in [0.29, 0.717) is 22.8 Å². The quantitative estimate of drug-likeness (QED) is 0.776. The molecule has 0 bridgehead atoms. The minimum Gasteiger partial charge on any atom is -0.398 e. The van der Waals surface area contributed by atoms with E-state index in [0.717, 1.165) is 5.56 Å². The second-order valence-electron chi connectivity index (χ2n) is 3.87. The number of rotatable bonds is 2. The fraction of sp³-hybridized carbons (Fsp3) is 0.167. The maximum absolute atomic E-state index is 11.9. The Kier molecular flexibility index (Phi) is 2.82. The van der Waals surface area contributed by atoms with Crippen LogP contribution in [0.1, 0.15) is 21.7 Å². The molecular weight excluding hydrogens is 218 g/mol. The van der Waals surface area contributed by atoms with E-state index in [4.69, 9.17) is 10.3 Å². The van der Waals surface area contributed by atoms with Crippen molar-refractivity contribution >= 4 is 17.4 Å². The SMILES string of the molecule is Cc1ccc(C(=O)Nc2cc(C)on2)c(N)c1. The number of hydrogen-bond donors (Lipinski definition) is 2. The van der Waals surface area contributed by atoms with E-state index in [9.17, 15) is 4.79 Å². The smallest absolute Gasteiger partial charge is 0.258 e. The summed E-state index contributed by atoms with van der Waals surface area (Å²) in [6, 6.07) is 6.91. The van der Waals surface area contributed by atoms with Gasteiger partial charge in [-0.3, -0.25) is 4.79 Å². The molecule has 0 aliphatic rings. The predicted molar refractivity (Wildman–Crippen MR) is 64.8 cm³/mol. The Morgan fingerprint density at radius 2 is 2.12 bits per heavy atom. The summed E-state index contributed by atoms with van der Waals surface area (Å²) in [5.41, 5.74) is 7.66. The normalized spacial score (nSPS) is 10.2. The topological polar surface area (TPSA) is 81.2 Å². The molecule has 0 saturated carbocycles. The molecule has 0 aliphatic carbocycles. The number of anilines is 2. The zero-order valence-electron chi connectivity index (χ0n) is 9.65. The molecule has 0 spiro atoms. The summed E-state index contributed by atoms with van der Waals surface area (Å²) in [5.74, 6) is 0.723. The average molecular weight is 231 g/mol. The van der Waals surface area contributed by atoms with Gasteiger partial charge in [0.2, 0.25) is 0 Å². The predicted octanol–water partition coefficient (Wildman–Crippen LogP) is 2.13. The maximum atomic E-state index is 11.9. The van der Waals surface area contributed by atoms with E-state index in [-0.39, 0.29) is 5.91 Å². The number of aromatic nitrogens is 1. The van der Waals surface area contributed by atoms with Gasteiger partial charge < -0.3 is 15.6 Å². The Labute approximate surface area is 98.6 Å². The van der Waals surface area contributed by atoms with Crippen molar-refractivity contribution < 1.29 is 9.32 Å². The van der Waals surface area contributed by atoms with E-state index in [1.54, 1.807) is 25.1 Å². The fourth-order valence-corrected chi connectivity index (χ4v) is 1.50. The van der Waals surface area contributed by atoms with Crippen LogP contribution in [0.15, 0.2) is 28.8 Å². The number of amides is 1. The van der Waals surface area contributed by atoms with Crippen molar-refractivity contribution in [3.05, 3.63) is 41.2 Å². The van der Waals surface area contributed by atoms with Crippen LogP contribution >= 0.6 is 0 Å². The van der Waals surface area contributed by atoms with E-state index < -0.39 is 0 Å². The second-order valence-corrected chi connectivity index (χ2v) is 3.87. The van der Waals surface area contributed by atoms with Gasteiger partial charge in [-0.05, 0) is 31.5 Å². The first-order valence-electron chi connectivity index (χ1n) is 5.17. The summed E-state index contributed by atoms with van der Waals surface area (Å²) in [5, 5.41) is 6.30. The number of hydrogen-bond acceptors (Lipinski definition) is 4. The number of carbonyl (C=O) groups excluding carboxylic acids is 1. The third-order valence-electron chi connectivity index (χ3n) is 2.32. The number of nitrogen functional groups attached to an aromatic ring is 1. The van der Waals surface area contributed by atoms with Gasteiger partial charge in [-0.2, -0.15) is 0 Å². The maximum Gasteiger partial charge on any atom is 0.258 e. The van der Waals surface area contributed by atoms with Crippen molar-refractivity contribution in [3.63, 3.8) is 0 Å². The minimum atomic E-state index is -0.296. The lowest BCUT2D eigenvalue weighted by Crippen LogP contribution is -2.14. The first kappa shape index (κ1) is 11.2. The zero-order chi connectivity index (χ0) is 12.4. The molecule has 0 saturated heterocycles. The molecule has 0 atom stereocenters. The fourth-order valence-electron chi connectivity index (χ4n) is 1.50. The van der Waals surface area contributed by atoms with Crippen molar-refractivity contribution in [2.75, 3.05) is 11.1 Å². The molecule has 0 fully saturated rings. The van der Waals surface area contributed by atoms with Crippen molar-refractivity contribution in [1.29, 1.82) is 0 Å². The highest BCUT2D eigenvalue weighted by molar-refractivity contribution is 6.07. The van der Waals surface area contributed by atoms with Crippen LogP contribution in [0, 0.1) is 13.8 Å². The van der Waals surface area contributed by atoms with Crippen LogP contribution in [-0.4, -0.2) is 11.1 Å². The van der Waals surface area contributed by atoms with Crippen LogP contribution in [0.4, 0.5) is 11.5 Å². The third kappa shape index (κ3) is 2.44. The highest BCUT2D eigenvalue weighted by Crippen LogP contribution is 2.16. The van der Waals surface area contributed by atoms with Crippen LogP contribution in [0.25, 0.3) is 0 Å². The number of nitrogens with one attached hydrogen (secondary N) is 1. The number of benzene rings is 1. The average Bonchev–Trinajstić information content (AvgIpc) is 2.63. The van der Waals surface area contributed by atoms with Gasteiger partial charge in [0.15, 0.2) is 5.82 Å². The highest BCUT2D eigenvalue weighted by Gasteiger charge is 2.11. The molecule has 0 radical (unpaired) electrons. The van der Waals surface area contributed by atoms with Gasteiger partial charge >= 0.3 is 0 Å². The Bertz CT molecular complexity index is 561. The van der Waals surface area contributed by atoms with Gasteiger partial charge in [0.1, 0.15) is 5.76 Å². The lowest BCUT2D eigenvalue weighted by molar-refractivity contribution is 0.102. The molecule has 0 aliphatic heterocycles. The molecule has 3 N–H and O–H groups in total. The summed E-state index contributed by atoms with van der Waals surface area (Å²) in [4.78, 5) is 11.9. The summed E-state index contributed by atoms with van der Waals surface area (Å²) < 4.78 is 4.85. The van der Waals surface area contributed by atoms with Gasteiger partial charge in [-0.15, -0.1) is 0 Å². The Morgan fingerprint density at radius 3 is 2.71 bits per heavy atom.